The lowest BCUT2D eigenvalue weighted by atomic mass is 10.1. The average molecular weight is 449 g/mol. The maximum atomic E-state index is 15.0. The van der Waals surface area contributed by atoms with E-state index in [0.717, 1.165) is 5.56 Å². The Hall–Kier alpha value is -1.38. The smallest absolute Gasteiger partial charge is 0.399 e. The molecular formula is C20H28F2O7P. The van der Waals surface area contributed by atoms with Crippen LogP contribution in [0.5, 0.6) is 0 Å². The monoisotopic (exact) mass is 449 g/mol. The van der Waals surface area contributed by atoms with E-state index in [9.17, 15) is 18.1 Å². The Labute approximate surface area is 175 Å². The van der Waals surface area contributed by atoms with E-state index in [0.29, 0.717) is 0 Å². The van der Waals surface area contributed by atoms with Crippen molar-refractivity contribution in [3.05, 3.63) is 42.8 Å². The van der Waals surface area contributed by atoms with Crippen LogP contribution in [0.15, 0.2) is 30.3 Å². The number of carbonyl (C=O) groups excluding carboxylic acids is 1. The van der Waals surface area contributed by atoms with Crippen LogP contribution in [0, 0.1) is 6.92 Å². The second-order valence-electron chi connectivity index (χ2n) is 6.75. The second kappa shape index (κ2) is 10.8. The van der Waals surface area contributed by atoms with Crippen molar-refractivity contribution in [2.24, 2.45) is 0 Å². The van der Waals surface area contributed by atoms with Gasteiger partial charge in [-0.05, 0) is 26.3 Å². The first-order valence-electron chi connectivity index (χ1n) is 9.71. The molecule has 0 aromatic heterocycles. The van der Waals surface area contributed by atoms with E-state index in [4.69, 9.17) is 23.3 Å². The molecule has 0 N–H and O–H groups in total. The molecule has 0 bridgehead atoms. The van der Waals surface area contributed by atoms with Gasteiger partial charge in [0.15, 0.2) is 6.10 Å². The Morgan fingerprint density at radius 2 is 1.77 bits per heavy atom. The molecule has 1 radical (unpaired) electrons. The van der Waals surface area contributed by atoms with Crippen LogP contribution >= 0.6 is 7.60 Å². The molecule has 1 aliphatic rings. The van der Waals surface area contributed by atoms with Crippen LogP contribution in [-0.2, 0) is 39.2 Å². The molecule has 169 valence electrons. The molecule has 30 heavy (non-hydrogen) atoms. The molecule has 0 saturated carbocycles. The van der Waals surface area contributed by atoms with Gasteiger partial charge in [0.25, 0.3) is 0 Å². The van der Waals surface area contributed by atoms with Gasteiger partial charge in [-0.1, -0.05) is 30.3 Å². The fourth-order valence-corrected chi connectivity index (χ4v) is 4.73. The quantitative estimate of drug-likeness (QED) is 0.367. The van der Waals surface area contributed by atoms with E-state index in [1.807, 2.05) is 18.2 Å². The van der Waals surface area contributed by atoms with Crippen LogP contribution in [0.1, 0.15) is 32.8 Å². The average Bonchev–Trinajstić information content (AvgIpc) is 2.94. The van der Waals surface area contributed by atoms with E-state index in [2.05, 4.69) is 6.92 Å². The van der Waals surface area contributed by atoms with Gasteiger partial charge in [-0.15, -0.1) is 0 Å². The predicted octanol–water partition coefficient (Wildman–Crippen LogP) is 4.35. The molecule has 0 aliphatic carbocycles. The number of hydrogen-bond donors (Lipinski definition) is 0. The molecule has 2 rings (SSSR count). The normalized spacial score (nSPS) is 24.7. The molecule has 0 unspecified atom stereocenters. The number of halogens is 2. The van der Waals surface area contributed by atoms with Gasteiger partial charge in [-0.2, -0.15) is 8.78 Å². The topological polar surface area (TPSA) is 80.3 Å². The zero-order valence-corrected chi connectivity index (χ0v) is 18.2. The summed E-state index contributed by atoms with van der Waals surface area (Å²) in [5.74, 6) is -0.618. The Kier molecular flexibility index (Phi) is 8.94. The van der Waals surface area contributed by atoms with Gasteiger partial charge in [-0.3, -0.25) is 9.36 Å². The third kappa shape index (κ3) is 6.08. The van der Waals surface area contributed by atoms with Gasteiger partial charge in [0.1, 0.15) is 6.10 Å². The zero-order chi connectivity index (χ0) is 22.4. The minimum atomic E-state index is -4.74. The lowest BCUT2D eigenvalue weighted by Crippen LogP contribution is -2.40. The first kappa shape index (κ1) is 24.9. The number of ether oxygens (including phenoxy) is 3. The van der Waals surface area contributed by atoms with Gasteiger partial charge in [0, 0.05) is 6.92 Å². The molecule has 7 nitrogen and oxygen atoms in total. The minimum absolute atomic E-state index is 0.0794. The summed E-state index contributed by atoms with van der Waals surface area (Å²) >= 11 is 0. The van der Waals surface area contributed by atoms with Crippen molar-refractivity contribution in [1.82, 2.24) is 0 Å². The van der Waals surface area contributed by atoms with Crippen LogP contribution in [0.3, 0.4) is 0 Å². The van der Waals surface area contributed by atoms with Gasteiger partial charge >= 0.3 is 19.2 Å². The van der Waals surface area contributed by atoms with Gasteiger partial charge < -0.3 is 23.3 Å². The van der Waals surface area contributed by atoms with Crippen LogP contribution in [0.25, 0.3) is 0 Å². The minimum Gasteiger partial charge on any atom is -0.457 e. The first-order chi connectivity index (χ1) is 14.1. The molecule has 10 heteroatoms. The van der Waals surface area contributed by atoms with Crippen molar-refractivity contribution < 1.29 is 41.4 Å². The molecule has 1 heterocycles. The summed E-state index contributed by atoms with van der Waals surface area (Å²) < 4.78 is 68.8. The van der Waals surface area contributed by atoms with Crippen molar-refractivity contribution in [2.45, 2.75) is 63.9 Å². The van der Waals surface area contributed by atoms with Crippen molar-refractivity contribution in [2.75, 3.05) is 13.2 Å². The first-order valence-corrected chi connectivity index (χ1v) is 11.3. The molecule has 0 spiro atoms. The van der Waals surface area contributed by atoms with Gasteiger partial charge in [0.05, 0.1) is 38.4 Å². The molecular weight excluding hydrogens is 421 g/mol. The van der Waals surface area contributed by atoms with E-state index < -0.39 is 50.1 Å². The summed E-state index contributed by atoms with van der Waals surface area (Å²) in [6.07, 6.45) is -5.23. The van der Waals surface area contributed by atoms with Crippen LogP contribution in [0.2, 0.25) is 0 Å². The summed E-state index contributed by atoms with van der Waals surface area (Å²) in [5, 5.41) is 0. The molecule has 1 fully saturated rings. The van der Waals surface area contributed by atoms with E-state index in [1.54, 1.807) is 12.1 Å². The highest BCUT2D eigenvalue weighted by molar-refractivity contribution is 7.55. The Bertz CT molecular complexity index is 721. The Morgan fingerprint density at radius 3 is 2.30 bits per heavy atom. The standard InChI is InChI=1S/C20H28F2O7P/c1-5-26-30(24,27-6-2)20(21,22)12-17-19(18(14(3)28-17)29-15(4)23)25-13-16-10-8-7-9-11-16/h7-11,14,17-19H,3,5-6,12-13H2,1-2,4H3/t14-,17+,18-,19+/m0/s1. The number of rotatable bonds is 11. The van der Waals surface area contributed by atoms with Crippen molar-refractivity contribution >= 4 is 13.6 Å². The lowest BCUT2D eigenvalue weighted by Gasteiger charge is -2.29. The van der Waals surface area contributed by atoms with E-state index in [-0.39, 0.29) is 19.8 Å². The van der Waals surface area contributed by atoms with Gasteiger partial charge in [0.2, 0.25) is 0 Å². The number of hydrogen-bond acceptors (Lipinski definition) is 7. The second-order valence-corrected chi connectivity index (χ2v) is 8.92. The summed E-state index contributed by atoms with van der Waals surface area (Å²) in [5.41, 5.74) is -3.05. The number of benzene rings is 1. The number of alkyl halides is 2. The predicted molar refractivity (Wildman–Crippen MR) is 105 cm³/mol. The molecule has 1 aliphatic heterocycles. The number of carbonyl (C=O) groups is 1. The van der Waals surface area contributed by atoms with Crippen LogP contribution in [-0.4, -0.2) is 49.3 Å². The SMILES string of the molecule is [CH2][C@@H]1O[C@H](CC(F)(F)P(=O)(OCC)OCC)[C@@H](OCc2ccccc2)[C@H]1OC(C)=O. The highest BCUT2D eigenvalue weighted by Gasteiger charge is 2.58. The maximum Gasteiger partial charge on any atom is 0.399 e. The Balaban J connectivity index is 2.23. The van der Waals surface area contributed by atoms with Crippen LogP contribution in [0.4, 0.5) is 8.78 Å². The summed E-state index contributed by atoms with van der Waals surface area (Å²) in [4.78, 5) is 11.5. The zero-order valence-electron chi connectivity index (χ0n) is 17.3. The van der Waals surface area contributed by atoms with E-state index >= 15 is 0 Å². The van der Waals surface area contributed by atoms with Crippen molar-refractivity contribution in [1.29, 1.82) is 0 Å². The lowest BCUT2D eigenvalue weighted by molar-refractivity contribution is -0.154. The van der Waals surface area contributed by atoms with Crippen molar-refractivity contribution in [3.8, 4) is 0 Å². The fourth-order valence-electron chi connectivity index (χ4n) is 3.19. The third-order valence-corrected chi connectivity index (χ3v) is 6.62. The summed E-state index contributed by atoms with van der Waals surface area (Å²) in [6, 6.07) is 9.06. The Morgan fingerprint density at radius 1 is 1.17 bits per heavy atom. The summed E-state index contributed by atoms with van der Waals surface area (Å²) in [7, 11) is -4.74. The largest absolute Gasteiger partial charge is 0.457 e. The highest BCUT2D eigenvalue weighted by Crippen LogP contribution is 2.64. The van der Waals surface area contributed by atoms with Gasteiger partial charge in [-0.25, -0.2) is 0 Å². The highest BCUT2D eigenvalue weighted by atomic mass is 31.2. The van der Waals surface area contributed by atoms with E-state index in [1.165, 1.54) is 20.8 Å². The fraction of sp³-hybridized carbons (Fsp3) is 0.600. The number of esters is 1. The maximum absolute atomic E-state index is 15.0. The molecule has 0 amide bonds. The molecule has 1 aromatic rings. The third-order valence-electron chi connectivity index (χ3n) is 4.44. The van der Waals surface area contributed by atoms with Crippen molar-refractivity contribution in [3.63, 3.8) is 0 Å². The van der Waals surface area contributed by atoms with Crippen LogP contribution < -0.4 is 0 Å². The summed E-state index contributed by atoms with van der Waals surface area (Å²) in [6.45, 7) is 7.49. The molecule has 1 saturated heterocycles. The molecule has 4 atom stereocenters. The molecule has 1 aromatic carbocycles.